The predicted molar refractivity (Wildman–Crippen MR) is 70.1 cm³/mol. The lowest BCUT2D eigenvalue weighted by molar-refractivity contribution is -0.137. The average Bonchev–Trinajstić information content (AvgIpc) is 2.26. The highest BCUT2D eigenvalue weighted by Crippen LogP contribution is 2.38. The highest BCUT2D eigenvalue weighted by Gasteiger charge is 2.36. The average molecular weight is 273 g/mol. The van der Waals surface area contributed by atoms with E-state index >= 15 is 0 Å². The van der Waals surface area contributed by atoms with Gasteiger partial charge in [0.15, 0.2) is 0 Å². The molecule has 6 heteroatoms. The van der Waals surface area contributed by atoms with E-state index in [2.05, 4.69) is 5.32 Å². The van der Waals surface area contributed by atoms with Crippen molar-refractivity contribution in [1.82, 2.24) is 5.32 Å². The Bertz CT molecular complexity index is 449. The number of nitrogens with two attached hydrogens (primary N) is 1. The SMILES string of the molecule is CC1CN(c2ccc(N)cc2C(F)(F)F)CC(C)N1. The van der Waals surface area contributed by atoms with Crippen LogP contribution in [0.3, 0.4) is 0 Å². The summed E-state index contributed by atoms with van der Waals surface area (Å²) in [5, 5.41) is 3.30. The number of nitrogen functional groups attached to an aromatic ring is 1. The molecule has 1 fully saturated rings. The summed E-state index contributed by atoms with van der Waals surface area (Å²) in [7, 11) is 0. The van der Waals surface area contributed by atoms with Crippen molar-refractivity contribution in [2.45, 2.75) is 32.1 Å². The van der Waals surface area contributed by atoms with E-state index in [0.717, 1.165) is 6.07 Å². The van der Waals surface area contributed by atoms with Crippen molar-refractivity contribution >= 4 is 11.4 Å². The molecule has 0 saturated carbocycles. The Balaban J connectivity index is 2.39. The molecule has 106 valence electrons. The molecule has 0 bridgehead atoms. The maximum Gasteiger partial charge on any atom is 0.418 e. The van der Waals surface area contributed by atoms with Crippen LogP contribution in [0, 0.1) is 0 Å². The third kappa shape index (κ3) is 3.12. The lowest BCUT2D eigenvalue weighted by atomic mass is 10.1. The number of hydrogen-bond donors (Lipinski definition) is 2. The Labute approximate surface area is 110 Å². The van der Waals surface area contributed by atoms with Crippen molar-refractivity contribution in [2.24, 2.45) is 0 Å². The first-order valence-corrected chi connectivity index (χ1v) is 6.25. The van der Waals surface area contributed by atoms with Crippen LogP contribution in [0.5, 0.6) is 0 Å². The zero-order valence-electron chi connectivity index (χ0n) is 11.0. The quantitative estimate of drug-likeness (QED) is 0.772. The van der Waals surface area contributed by atoms with E-state index in [4.69, 9.17) is 5.73 Å². The van der Waals surface area contributed by atoms with Crippen LogP contribution in [0.15, 0.2) is 18.2 Å². The number of nitrogens with zero attached hydrogens (tertiary/aromatic N) is 1. The molecule has 1 aromatic carbocycles. The van der Waals surface area contributed by atoms with Crippen LogP contribution in [-0.2, 0) is 6.18 Å². The fourth-order valence-electron chi connectivity index (χ4n) is 2.58. The van der Waals surface area contributed by atoms with E-state index < -0.39 is 11.7 Å². The van der Waals surface area contributed by atoms with E-state index in [1.807, 2.05) is 13.8 Å². The topological polar surface area (TPSA) is 41.3 Å². The number of anilines is 2. The van der Waals surface area contributed by atoms with Crippen molar-refractivity contribution in [3.05, 3.63) is 23.8 Å². The van der Waals surface area contributed by atoms with Gasteiger partial charge in [-0.15, -0.1) is 0 Å². The highest BCUT2D eigenvalue weighted by atomic mass is 19.4. The minimum Gasteiger partial charge on any atom is -0.399 e. The van der Waals surface area contributed by atoms with Gasteiger partial charge in [-0.2, -0.15) is 13.2 Å². The van der Waals surface area contributed by atoms with Crippen LogP contribution in [-0.4, -0.2) is 25.2 Å². The number of hydrogen-bond acceptors (Lipinski definition) is 3. The number of benzene rings is 1. The van der Waals surface area contributed by atoms with Gasteiger partial charge in [-0.05, 0) is 32.0 Å². The number of nitrogens with one attached hydrogen (secondary N) is 1. The van der Waals surface area contributed by atoms with E-state index in [1.165, 1.54) is 12.1 Å². The van der Waals surface area contributed by atoms with Crippen molar-refractivity contribution in [1.29, 1.82) is 0 Å². The minimum absolute atomic E-state index is 0.132. The smallest absolute Gasteiger partial charge is 0.399 e. The molecule has 0 aromatic heterocycles. The maximum absolute atomic E-state index is 13.1. The number of alkyl halides is 3. The summed E-state index contributed by atoms with van der Waals surface area (Å²) >= 11 is 0. The van der Waals surface area contributed by atoms with Crippen molar-refractivity contribution in [2.75, 3.05) is 23.7 Å². The van der Waals surface area contributed by atoms with Crippen LogP contribution in [0.25, 0.3) is 0 Å². The first-order valence-electron chi connectivity index (χ1n) is 6.25. The Morgan fingerprint density at radius 3 is 2.32 bits per heavy atom. The molecular weight excluding hydrogens is 255 g/mol. The van der Waals surface area contributed by atoms with Gasteiger partial charge in [0.2, 0.25) is 0 Å². The van der Waals surface area contributed by atoms with E-state index in [0.29, 0.717) is 13.1 Å². The van der Waals surface area contributed by atoms with Gasteiger partial charge >= 0.3 is 6.18 Å². The lowest BCUT2D eigenvalue weighted by Crippen LogP contribution is -2.54. The lowest BCUT2D eigenvalue weighted by Gasteiger charge is -2.38. The molecule has 1 saturated heterocycles. The normalized spacial score (nSPS) is 24.6. The van der Waals surface area contributed by atoms with Gasteiger partial charge < -0.3 is 16.0 Å². The second-order valence-corrected chi connectivity index (χ2v) is 5.15. The Kier molecular flexibility index (Phi) is 3.62. The van der Waals surface area contributed by atoms with Crippen LogP contribution >= 0.6 is 0 Å². The van der Waals surface area contributed by atoms with Crippen LogP contribution < -0.4 is 16.0 Å². The summed E-state index contributed by atoms with van der Waals surface area (Å²) in [5.41, 5.74) is 5.16. The summed E-state index contributed by atoms with van der Waals surface area (Å²) in [4.78, 5) is 1.77. The largest absolute Gasteiger partial charge is 0.418 e. The Morgan fingerprint density at radius 1 is 1.21 bits per heavy atom. The fraction of sp³-hybridized carbons (Fsp3) is 0.538. The summed E-state index contributed by atoms with van der Waals surface area (Å²) in [6, 6.07) is 4.29. The molecule has 0 spiro atoms. The molecule has 1 aromatic rings. The first-order chi connectivity index (χ1) is 8.77. The zero-order valence-corrected chi connectivity index (χ0v) is 11.0. The summed E-state index contributed by atoms with van der Waals surface area (Å²) in [6.45, 7) is 5.04. The minimum atomic E-state index is -4.39. The Hall–Kier alpha value is -1.43. The van der Waals surface area contributed by atoms with Gasteiger partial charge in [0.1, 0.15) is 0 Å². The number of halogens is 3. The molecule has 3 nitrogen and oxygen atoms in total. The summed E-state index contributed by atoms with van der Waals surface area (Å²) in [5.74, 6) is 0. The fourth-order valence-corrected chi connectivity index (χ4v) is 2.58. The van der Waals surface area contributed by atoms with Crippen LogP contribution in [0.4, 0.5) is 24.5 Å². The predicted octanol–water partition coefficient (Wildman–Crippen LogP) is 2.47. The van der Waals surface area contributed by atoms with Crippen LogP contribution in [0.1, 0.15) is 19.4 Å². The molecule has 0 aliphatic carbocycles. The molecule has 3 N–H and O–H groups in total. The van der Waals surface area contributed by atoms with Gasteiger partial charge in [-0.1, -0.05) is 0 Å². The summed E-state index contributed by atoms with van der Waals surface area (Å²) < 4.78 is 39.2. The maximum atomic E-state index is 13.1. The molecule has 0 radical (unpaired) electrons. The zero-order chi connectivity index (χ0) is 14.2. The number of piperazine rings is 1. The third-order valence-corrected chi connectivity index (χ3v) is 3.22. The molecule has 2 atom stereocenters. The molecule has 2 unspecified atom stereocenters. The monoisotopic (exact) mass is 273 g/mol. The number of rotatable bonds is 1. The molecule has 19 heavy (non-hydrogen) atoms. The standard InChI is InChI=1S/C13H18F3N3/c1-8-6-19(7-9(2)18-8)12-4-3-10(17)5-11(12)13(14,15)16/h3-5,8-9,18H,6-7,17H2,1-2H3. The van der Waals surface area contributed by atoms with Gasteiger partial charge in [-0.3, -0.25) is 0 Å². The molecule has 2 rings (SSSR count). The van der Waals surface area contributed by atoms with Gasteiger partial charge in [0.25, 0.3) is 0 Å². The second-order valence-electron chi connectivity index (χ2n) is 5.15. The van der Waals surface area contributed by atoms with Gasteiger partial charge in [0.05, 0.1) is 5.56 Å². The molecule has 1 aliphatic heterocycles. The highest BCUT2D eigenvalue weighted by molar-refractivity contribution is 5.61. The second kappa shape index (κ2) is 4.92. The van der Waals surface area contributed by atoms with Crippen molar-refractivity contribution < 1.29 is 13.2 Å². The third-order valence-electron chi connectivity index (χ3n) is 3.22. The van der Waals surface area contributed by atoms with E-state index in [-0.39, 0.29) is 23.5 Å². The Morgan fingerprint density at radius 2 is 1.79 bits per heavy atom. The first kappa shape index (κ1) is 14.0. The molecular formula is C13H18F3N3. The van der Waals surface area contributed by atoms with E-state index in [1.54, 1.807) is 4.90 Å². The molecule has 0 amide bonds. The van der Waals surface area contributed by atoms with Gasteiger partial charge in [-0.25, -0.2) is 0 Å². The van der Waals surface area contributed by atoms with Gasteiger partial charge in [0, 0.05) is 36.5 Å². The van der Waals surface area contributed by atoms with E-state index in [9.17, 15) is 13.2 Å². The molecule has 1 heterocycles. The summed E-state index contributed by atoms with van der Waals surface area (Å²) in [6.07, 6.45) is -4.39. The van der Waals surface area contributed by atoms with Crippen LogP contribution in [0.2, 0.25) is 0 Å². The van der Waals surface area contributed by atoms with Crippen molar-refractivity contribution in [3.63, 3.8) is 0 Å². The van der Waals surface area contributed by atoms with Crippen molar-refractivity contribution in [3.8, 4) is 0 Å². The molecule has 1 aliphatic rings.